The summed E-state index contributed by atoms with van der Waals surface area (Å²) in [5.41, 5.74) is 1.90. The average molecular weight is 479 g/mol. The van der Waals surface area contributed by atoms with Crippen LogP contribution in [-0.2, 0) is 17.9 Å². The molecule has 2 aromatic carbocycles. The van der Waals surface area contributed by atoms with Crippen molar-refractivity contribution in [2.45, 2.75) is 25.3 Å². The van der Waals surface area contributed by atoms with Gasteiger partial charge in [-0.05, 0) is 35.4 Å². The molecule has 31 heavy (non-hydrogen) atoms. The van der Waals surface area contributed by atoms with Crippen molar-refractivity contribution in [1.29, 1.82) is 0 Å². The average Bonchev–Trinajstić information content (AvgIpc) is 3.07. The predicted octanol–water partition coefficient (Wildman–Crippen LogP) is 3.49. The molecule has 0 saturated carbocycles. The molecule has 2 aromatic rings. The van der Waals surface area contributed by atoms with Gasteiger partial charge in [0.05, 0.1) is 12.6 Å². The monoisotopic (exact) mass is 478 g/mol. The van der Waals surface area contributed by atoms with E-state index in [1.54, 1.807) is 9.80 Å². The number of rotatable bonds is 5. The van der Waals surface area contributed by atoms with Gasteiger partial charge in [-0.25, -0.2) is 4.79 Å². The van der Waals surface area contributed by atoms with Gasteiger partial charge in [0.2, 0.25) is 5.91 Å². The Balaban J connectivity index is 1.53. The second-order valence-corrected chi connectivity index (χ2v) is 9.04. The van der Waals surface area contributed by atoms with Gasteiger partial charge in [-0.3, -0.25) is 9.69 Å². The summed E-state index contributed by atoms with van der Waals surface area (Å²) >= 11 is 16.6. The number of hydrogen-bond acceptors (Lipinski definition) is 4. The van der Waals surface area contributed by atoms with Crippen LogP contribution in [0.25, 0.3) is 0 Å². The SMILES string of the molecule is O=C1NC2CN(C(=O)N(Cc3cccc(Cl)c3)Cc3cccc(Cl)c3)CCN2C1CS. The number of benzene rings is 2. The maximum Gasteiger partial charge on any atom is 0.320 e. The highest BCUT2D eigenvalue weighted by Crippen LogP contribution is 2.22. The molecule has 0 radical (unpaired) electrons. The summed E-state index contributed by atoms with van der Waals surface area (Å²) in [5, 5.41) is 4.25. The number of amides is 3. The molecule has 3 amide bonds. The van der Waals surface area contributed by atoms with Crippen molar-refractivity contribution >= 4 is 47.8 Å². The molecular weight excluding hydrogens is 455 g/mol. The molecule has 0 spiro atoms. The molecule has 0 aliphatic carbocycles. The van der Waals surface area contributed by atoms with E-state index < -0.39 is 0 Å². The second kappa shape index (κ2) is 9.69. The Labute approximate surface area is 197 Å². The van der Waals surface area contributed by atoms with Gasteiger partial charge in [-0.2, -0.15) is 12.6 Å². The lowest BCUT2D eigenvalue weighted by Crippen LogP contribution is -2.58. The first kappa shape index (κ1) is 22.3. The minimum atomic E-state index is -0.236. The van der Waals surface area contributed by atoms with Crippen molar-refractivity contribution in [3.63, 3.8) is 0 Å². The molecule has 2 heterocycles. The first-order valence-corrected chi connectivity index (χ1v) is 11.5. The van der Waals surface area contributed by atoms with E-state index in [4.69, 9.17) is 23.2 Å². The Kier molecular flexibility index (Phi) is 6.96. The highest BCUT2D eigenvalue weighted by atomic mass is 35.5. The van der Waals surface area contributed by atoms with Crippen LogP contribution < -0.4 is 5.32 Å². The predicted molar refractivity (Wildman–Crippen MR) is 125 cm³/mol. The number of fused-ring (bicyclic) bond motifs is 1. The van der Waals surface area contributed by atoms with Crippen LogP contribution in [0, 0.1) is 0 Å². The number of hydrogen-bond donors (Lipinski definition) is 2. The summed E-state index contributed by atoms with van der Waals surface area (Å²) in [6.07, 6.45) is -0.179. The molecular formula is C22H24Cl2N4O2S. The van der Waals surface area contributed by atoms with Crippen LogP contribution in [0.15, 0.2) is 48.5 Å². The van der Waals surface area contributed by atoms with Gasteiger partial charge >= 0.3 is 6.03 Å². The van der Waals surface area contributed by atoms with E-state index in [0.29, 0.717) is 48.5 Å². The van der Waals surface area contributed by atoms with Gasteiger partial charge in [-0.1, -0.05) is 47.5 Å². The van der Waals surface area contributed by atoms with E-state index in [1.165, 1.54) is 0 Å². The lowest BCUT2D eigenvalue weighted by Gasteiger charge is -2.40. The van der Waals surface area contributed by atoms with Gasteiger partial charge < -0.3 is 15.1 Å². The highest BCUT2D eigenvalue weighted by Gasteiger charge is 2.43. The summed E-state index contributed by atoms with van der Waals surface area (Å²) in [5.74, 6) is 0.440. The molecule has 9 heteroatoms. The van der Waals surface area contributed by atoms with E-state index in [0.717, 1.165) is 11.1 Å². The Morgan fingerprint density at radius 1 is 1.06 bits per heavy atom. The maximum absolute atomic E-state index is 13.5. The number of carbonyl (C=O) groups is 2. The lowest BCUT2D eigenvalue weighted by atomic mass is 10.1. The summed E-state index contributed by atoms with van der Waals surface area (Å²) in [4.78, 5) is 31.4. The van der Waals surface area contributed by atoms with Crippen molar-refractivity contribution in [3.05, 3.63) is 69.7 Å². The van der Waals surface area contributed by atoms with E-state index in [9.17, 15) is 9.59 Å². The standard InChI is InChI=1S/C22H24Cl2N4O2S/c23-17-5-1-3-15(9-17)11-27(12-16-4-2-6-18(24)10-16)22(30)26-7-8-28-19(14-31)21(29)25-20(28)13-26/h1-6,9-10,19-20,31H,7-8,11-14H2,(H,25,29). The summed E-state index contributed by atoms with van der Waals surface area (Å²) in [7, 11) is 0. The van der Waals surface area contributed by atoms with Crippen LogP contribution in [-0.4, -0.2) is 64.2 Å². The van der Waals surface area contributed by atoms with Gasteiger partial charge in [-0.15, -0.1) is 0 Å². The van der Waals surface area contributed by atoms with Crippen LogP contribution in [0.5, 0.6) is 0 Å². The lowest BCUT2D eigenvalue weighted by molar-refractivity contribution is -0.120. The molecule has 4 rings (SSSR count). The molecule has 2 aliphatic heterocycles. The summed E-state index contributed by atoms with van der Waals surface area (Å²) in [6, 6.07) is 14.7. The molecule has 2 saturated heterocycles. The number of halogens is 2. The maximum atomic E-state index is 13.5. The van der Waals surface area contributed by atoms with Crippen LogP contribution in [0.4, 0.5) is 4.79 Å². The topological polar surface area (TPSA) is 55.9 Å². The smallest absolute Gasteiger partial charge is 0.320 e. The molecule has 164 valence electrons. The molecule has 2 fully saturated rings. The van der Waals surface area contributed by atoms with Crippen molar-refractivity contribution in [2.75, 3.05) is 25.4 Å². The minimum Gasteiger partial charge on any atom is -0.337 e. The zero-order chi connectivity index (χ0) is 22.0. The normalized spacial score (nSPS) is 21.0. The van der Waals surface area contributed by atoms with Crippen molar-refractivity contribution in [1.82, 2.24) is 20.0 Å². The Morgan fingerprint density at radius 2 is 1.68 bits per heavy atom. The molecule has 6 nitrogen and oxygen atoms in total. The highest BCUT2D eigenvalue weighted by molar-refractivity contribution is 7.80. The number of thiol groups is 1. The van der Waals surface area contributed by atoms with Gasteiger partial charge in [0.25, 0.3) is 0 Å². The Hall–Kier alpha value is -1.93. The summed E-state index contributed by atoms with van der Waals surface area (Å²) < 4.78 is 0. The number of nitrogens with one attached hydrogen (secondary N) is 1. The third kappa shape index (κ3) is 5.12. The van der Waals surface area contributed by atoms with Crippen molar-refractivity contribution in [2.24, 2.45) is 0 Å². The fourth-order valence-corrected chi connectivity index (χ4v) is 4.97. The quantitative estimate of drug-likeness (QED) is 0.646. The Bertz CT molecular complexity index is 929. The number of urea groups is 1. The molecule has 2 unspecified atom stereocenters. The van der Waals surface area contributed by atoms with Crippen LogP contribution >= 0.6 is 35.8 Å². The van der Waals surface area contributed by atoms with E-state index in [-0.39, 0.29) is 24.1 Å². The fraction of sp³-hybridized carbons (Fsp3) is 0.364. The largest absolute Gasteiger partial charge is 0.337 e. The first-order valence-electron chi connectivity index (χ1n) is 10.1. The first-order chi connectivity index (χ1) is 14.9. The minimum absolute atomic E-state index is 0.0241. The number of carbonyl (C=O) groups excluding carboxylic acids is 2. The molecule has 0 aromatic heterocycles. The number of nitrogens with zero attached hydrogens (tertiary/aromatic N) is 3. The van der Waals surface area contributed by atoms with Crippen LogP contribution in [0.3, 0.4) is 0 Å². The van der Waals surface area contributed by atoms with E-state index in [2.05, 4.69) is 22.8 Å². The zero-order valence-corrected chi connectivity index (χ0v) is 19.3. The molecule has 2 atom stereocenters. The van der Waals surface area contributed by atoms with E-state index >= 15 is 0 Å². The molecule has 2 aliphatic rings. The second-order valence-electron chi connectivity index (χ2n) is 7.81. The molecule has 0 bridgehead atoms. The molecule has 1 N–H and O–H groups in total. The number of piperazine rings is 1. The fourth-order valence-electron chi connectivity index (χ4n) is 4.17. The third-order valence-corrected chi connectivity index (χ3v) is 6.49. The van der Waals surface area contributed by atoms with Gasteiger partial charge in [0, 0.05) is 42.0 Å². The Morgan fingerprint density at radius 3 is 2.23 bits per heavy atom. The van der Waals surface area contributed by atoms with Crippen LogP contribution in [0.1, 0.15) is 11.1 Å². The van der Waals surface area contributed by atoms with Gasteiger partial charge in [0.15, 0.2) is 0 Å². The third-order valence-electron chi connectivity index (χ3n) is 5.67. The summed E-state index contributed by atoms with van der Waals surface area (Å²) in [6.45, 7) is 2.46. The van der Waals surface area contributed by atoms with Gasteiger partial charge in [0.1, 0.15) is 6.17 Å². The van der Waals surface area contributed by atoms with Crippen LogP contribution in [0.2, 0.25) is 10.0 Å². The van der Waals surface area contributed by atoms with Crippen molar-refractivity contribution in [3.8, 4) is 0 Å². The van der Waals surface area contributed by atoms with E-state index in [1.807, 2.05) is 48.5 Å². The zero-order valence-electron chi connectivity index (χ0n) is 16.9. The van der Waals surface area contributed by atoms with Crippen molar-refractivity contribution < 1.29 is 9.59 Å².